The second kappa shape index (κ2) is 3.57. The monoisotopic (exact) mass is 222 g/mol. The summed E-state index contributed by atoms with van der Waals surface area (Å²) in [5, 5.41) is 18.7. The highest BCUT2D eigenvalue weighted by Crippen LogP contribution is 2.37. The zero-order valence-corrected chi connectivity index (χ0v) is 9.23. The molecule has 0 aliphatic carbocycles. The second-order valence-corrected chi connectivity index (χ2v) is 4.44. The summed E-state index contributed by atoms with van der Waals surface area (Å²) >= 11 is 0. The number of hydrogen-bond acceptors (Lipinski definition) is 3. The fourth-order valence-corrected chi connectivity index (χ4v) is 1.97. The molecule has 0 bridgehead atoms. The van der Waals surface area contributed by atoms with Gasteiger partial charge in [-0.2, -0.15) is 0 Å². The number of fused-ring (bicyclic) bond motifs is 1. The van der Waals surface area contributed by atoms with Crippen LogP contribution in [0.1, 0.15) is 41.4 Å². The Bertz CT molecular complexity index is 437. The lowest BCUT2D eigenvalue weighted by atomic mass is 9.87. The minimum absolute atomic E-state index is 0.190. The number of carbonyl (C=O) groups is 1. The molecule has 0 unspecified atom stereocenters. The summed E-state index contributed by atoms with van der Waals surface area (Å²) in [6, 6.07) is 4.76. The lowest BCUT2D eigenvalue weighted by Crippen LogP contribution is -2.32. The molecule has 0 saturated carbocycles. The zero-order chi connectivity index (χ0) is 11.9. The molecule has 1 aromatic rings. The van der Waals surface area contributed by atoms with Gasteiger partial charge in [0.25, 0.3) is 0 Å². The highest BCUT2D eigenvalue weighted by Gasteiger charge is 2.33. The molecule has 0 aromatic heterocycles. The van der Waals surface area contributed by atoms with Gasteiger partial charge in [0.15, 0.2) is 0 Å². The molecule has 86 valence electrons. The van der Waals surface area contributed by atoms with Crippen LogP contribution in [-0.2, 0) is 10.3 Å². The molecule has 0 fully saturated rings. The quantitative estimate of drug-likeness (QED) is 0.758. The van der Waals surface area contributed by atoms with Crippen LogP contribution in [0.25, 0.3) is 0 Å². The van der Waals surface area contributed by atoms with Crippen LogP contribution in [0, 0.1) is 0 Å². The predicted octanol–water partition coefficient (Wildman–Crippen LogP) is 1.68. The number of hydrogen-bond donors (Lipinski definition) is 2. The van der Waals surface area contributed by atoms with Crippen molar-refractivity contribution >= 4 is 5.97 Å². The Morgan fingerprint density at radius 1 is 1.50 bits per heavy atom. The van der Waals surface area contributed by atoms with Crippen molar-refractivity contribution in [2.45, 2.75) is 25.6 Å². The van der Waals surface area contributed by atoms with E-state index in [1.54, 1.807) is 6.07 Å². The summed E-state index contributed by atoms with van der Waals surface area (Å²) < 4.78 is 5.51. The molecule has 0 radical (unpaired) electrons. The third-order valence-corrected chi connectivity index (χ3v) is 2.91. The lowest BCUT2D eigenvalue weighted by molar-refractivity contribution is -0.0825. The highest BCUT2D eigenvalue weighted by atomic mass is 16.5. The molecule has 4 heteroatoms. The van der Waals surface area contributed by atoms with Crippen LogP contribution in [0.2, 0.25) is 0 Å². The van der Waals surface area contributed by atoms with Gasteiger partial charge >= 0.3 is 5.97 Å². The first kappa shape index (κ1) is 11.1. The van der Waals surface area contributed by atoms with Gasteiger partial charge in [0.05, 0.1) is 17.8 Å². The summed E-state index contributed by atoms with van der Waals surface area (Å²) in [6.07, 6.45) is -0.748. The van der Waals surface area contributed by atoms with E-state index < -0.39 is 17.7 Å². The number of benzene rings is 1. The number of ether oxygens (including phenoxy) is 1. The van der Waals surface area contributed by atoms with E-state index in [1.165, 1.54) is 12.1 Å². The van der Waals surface area contributed by atoms with E-state index in [1.807, 2.05) is 13.8 Å². The standard InChI is InChI=1S/C12H14O4/c1-12(2)9-4-3-7(11(14)15)5-8(9)10(13)6-16-12/h3-5,10,13H,6H2,1-2H3,(H,14,15)/t10-/m1/s1. The normalized spacial score (nSPS) is 22.6. The maximum atomic E-state index is 10.8. The minimum Gasteiger partial charge on any atom is -0.478 e. The van der Waals surface area contributed by atoms with Crippen LogP contribution < -0.4 is 0 Å². The first-order chi connectivity index (χ1) is 7.42. The molecular formula is C12H14O4. The van der Waals surface area contributed by atoms with Gasteiger partial charge in [0.2, 0.25) is 0 Å². The van der Waals surface area contributed by atoms with Crippen molar-refractivity contribution < 1.29 is 19.7 Å². The van der Waals surface area contributed by atoms with Crippen molar-refractivity contribution in [3.8, 4) is 0 Å². The van der Waals surface area contributed by atoms with Gasteiger partial charge in [0.1, 0.15) is 6.10 Å². The fraction of sp³-hybridized carbons (Fsp3) is 0.417. The maximum Gasteiger partial charge on any atom is 0.335 e. The van der Waals surface area contributed by atoms with Gasteiger partial charge in [0, 0.05) is 0 Å². The van der Waals surface area contributed by atoms with Crippen molar-refractivity contribution in [1.82, 2.24) is 0 Å². The Kier molecular flexibility index (Phi) is 2.48. The number of carboxylic acids is 1. The van der Waals surface area contributed by atoms with E-state index in [4.69, 9.17) is 9.84 Å². The lowest BCUT2D eigenvalue weighted by Gasteiger charge is -2.35. The Morgan fingerprint density at radius 2 is 2.19 bits per heavy atom. The molecule has 0 spiro atoms. The zero-order valence-electron chi connectivity index (χ0n) is 9.23. The molecule has 2 rings (SSSR count). The third kappa shape index (κ3) is 1.70. The highest BCUT2D eigenvalue weighted by molar-refractivity contribution is 5.88. The van der Waals surface area contributed by atoms with Crippen LogP contribution in [-0.4, -0.2) is 22.8 Å². The first-order valence-corrected chi connectivity index (χ1v) is 5.11. The van der Waals surface area contributed by atoms with E-state index in [9.17, 15) is 9.90 Å². The van der Waals surface area contributed by atoms with Gasteiger partial charge in [-0.1, -0.05) is 6.07 Å². The van der Waals surface area contributed by atoms with Crippen molar-refractivity contribution in [3.05, 3.63) is 34.9 Å². The van der Waals surface area contributed by atoms with Crippen molar-refractivity contribution in [2.24, 2.45) is 0 Å². The molecule has 1 aliphatic rings. The molecule has 1 heterocycles. The fourth-order valence-electron chi connectivity index (χ4n) is 1.97. The number of carboxylic acid groups (broad SMARTS) is 1. The summed E-state index contributed by atoms with van der Waals surface area (Å²) in [4.78, 5) is 10.8. The number of aliphatic hydroxyl groups is 1. The van der Waals surface area contributed by atoms with Crippen LogP contribution in [0.3, 0.4) is 0 Å². The Hall–Kier alpha value is -1.39. The number of aromatic carboxylic acids is 1. The SMILES string of the molecule is CC1(C)OC[C@@H](O)c2cc(C(=O)O)ccc21. The van der Waals surface area contributed by atoms with Crippen molar-refractivity contribution in [3.63, 3.8) is 0 Å². The molecule has 16 heavy (non-hydrogen) atoms. The number of rotatable bonds is 1. The van der Waals surface area contributed by atoms with Crippen molar-refractivity contribution in [1.29, 1.82) is 0 Å². The Morgan fingerprint density at radius 3 is 2.81 bits per heavy atom. The maximum absolute atomic E-state index is 10.8. The smallest absolute Gasteiger partial charge is 0.335 e. The molecular weight excluding hydrogens is 208 g/mol. The first-order valence-electron chi connectivity index (χ1n) is 5.11. The Labute approximate surface area is 93.5 Å². The van der Waals surface area contributed by atoms with Crippen molar-refractivity contribution in [2.75, 3.05) is 6.61 Å². The largest absolute Gasteiger partial charge is 0.478 e. The summed E-state index contributed by atoms with van der Waals surface area (Å²) in [5.74, 6) is -0.987. The molecule has 4 nitrogen and oxygen atoms in total. The van der Waals surface area contributed by atoms with E-state index in [0.717, 1.165) is 5.56 Å². The third-order valence-electron chi connectivity index (χ3n) is 2.91. The van der Waals surface area contributed by atoms with E-state index in [0.29, 0.717) is 5.56 Å². The molecule has 0 amide bonds. The van der Waals surface area contributed by atoms with Gasteiger partial charge in [-0.25, -0.2) is 4.79 Å². The summed E-state index contributed by atoms with van der Waals surface area (Å²) in [5.41, 5.74) is 1.20. The van der Waals surface area contributed by atoms with Gasteiger partial charge < -0.3 is 14.9 Å². The number of aliphatic hydroxyl groups excluding tert-OH is 1. The van der Waals surface area contributed by atoms with Gasteiger partial charge in [-0.3, -0.25) is 0 Å². The van der Waals surface area contributed by atoms with E-state index in [2.05, 4.69) is 0 Å². The average molecular weight is 222 g/mol. The Balaban J connectivity index is 2.56. The molecule has 1 atom stereocenters. The average Bonchev–Trinajstić information content (AvgIpc) is 2.23. The van der Waals surface area contributed by atoms with Crippen LogP contribution >= 0.6 is 0 Å². The predicted molar refractivity (Wildman–Crippen MR) is 57.3 cm³/mol. The molecule has 1 aromatic carbocycles. The summed E-state index contributed by atoms with van der Waals surface area (Å²) in [6.45, 7) is 4.00. The van der Waals surface area contributed by atoms with Gasteiger partial charge in [-0.05, 0) is 37.1 Å². The molecule has 2 N–H and O–H groups in total. The minimum atomic E-state index is -0.987. The second-order valence-electron chi connectivity index (χ2n) is 4.44. The van der Waals surface area contributed by atoms with Crippen LogP contribution in [0.15, 0.2) is 18.2 Å². The topological polar surface area (TPSA) is 66.8 Å². The van der Waals surface area contributed by atoms with E-state index in [-0.39, 0.29) is 12.2 Å². The van der Waals surface area contributed by atoms with E-state index >= 15 is 0 Å². The van der Waals surface area contributed by atoms with Crippen LogP contribution in [0.4, 0.5) is 0 Å². The van der Waals surface area contributed by atoms with Gasteiger partial charge in [-0.15, -0.1) is 0 Å². The molecule has 1 aliphatic heterocycles. The summed E-state index contributed by atoms with van der Waals surface area (Å²) in [7, 11) is 0. The molecule has 0 saturated heterocycles. The van der Waals surface area contributed by atoms with Crippen LogP contribution in [0.5, 0.6) is 0 Å².